The maximum Gasteiger partial charge on any atom is 0.305 e. The molecule has 0 atom stereocenters. The Kier molecular flexibility index (Phi) is 8.05. The minimum absolute atomic E-state index is 0.155. The van der Waals surface area contributed by atoms with Crippen molar-refractivity contribution < 1.29 is 9.53 Å². The summed E-state index contributed by atoms with van der Waals surface area (Å²) in [5.41, 5.74) is 10.5. The molecule has 0 heterocycles. The van der Waals surface area contributed by atoms with E-state index in [9.17, 15) is 4.79 Å². The standard InChI is InChI=1S/C8H18N2O2/c9-5-3-1-2-4-8(11)12-7-6-10/h1-7,9-10H2. The van der Waals surface area contributed by atoms with Crippen LogP contribution in [0, 0.1) is 0 Å². The first-order valence-electron chi connectivity index (χ1n) is 4.37. The van der Waals surface area contributed by atoms with Crippen LogP contribution in [0.25, 0.3) is 0 Å². The van der Waals surface area contributed by atoms with Crippen molar-refractivity contribution >= 4 is 5.97 Å². The molecule has 0 rings (SSSR count). The molecule has 4 heteroatoms. The Bertz CT molecular complexity index is 118. The predicted molar refractivity (Wildman–Crippen MR) is 47.5 cm³/mol. The van der Waals surface area contributed by atoms with Crippen molar-refractivity contribution in [2.75, 3.05) is 19.7 Å². The molecule has 0 saturated carbocycles. The Labute approximate surface area is 73.2 Å². The molecular weight excluding hydrogens is 156 g/mol. The molecule has 0 unspecified atom stereocenters. The third kappa shape index (κ3) is 7.50. The fourth-order valence-electron chi connectivity index (χ4n) is 0.835. The maximum absolute atomic E-state index is 10.9. The van der Waals surface area contributed by atoms with Gasteiger partial charge in [0, 0.05) is 13.0 Å². The Balaban J connectivity index is 3.08. The van der Waals surface area contributed by atoms with Crippen LogP contribution in [-0.4, -0.2) is 25.7 Å². The van der Waals surface area contributed by atoms with Crippen molar-refractivity contribution in [2.45, 2.75) is 25.7 Å². The minimum Gasteiger partial charge on any atom is -0.464 e. The van der Waals surface area contributed by atoms with Crippen molar-refractivity contribution in [2.24, 2.45) is 11.5 Å². The van der Waals surface area contributed by atoms with Gasteiger partial charge in [-0.05, 0) is 19.4 Å². The first kappa shape index (κ1) is 11.4. The van der Waals surface area contributed by atoms with Gasteiger partial charge in [-0.1, -0.05) is 6.42 Å². The van der Waals surface area contributed by atoms with Crippen LogP contribution in [0.2, 0.25) is 0 Å². The number of ether oxygens (including phenoxy) is 1. The molecule has 0 radical (unpaired) electrons. The summed E-state index contributed by atoms with van der Waals surface area (Å²) in [6, 6.07) is 0. The van der Waals surface area contributed by atoms with Gasteiger partial charge in [-0.15, -0.1) is 0 Å². The van der Waals surface area contributed by atoms with E-state index in [1.807, 2.05) is 0 Å². The third-order valence-electron chi connectivity index (χ3n) is 1.47. The number of hydrogen-bond donors (Lipinski definition) is 2. The van der Waals surface area contributed by atoms with E-state index >= 15 is 0 Å². The molecule has 72 valence electrons. The zero-order chi connectivity index (χ0) is 9.23. The molecule has 0 fully saturated rings. The Morgan fingerprint density at radius 1 is 1.08 bits per heavy atom. The zero-order valence-corrected chi connectivity index (χ0v) is 7.42. The molecule has 0 amide bonds. The molecule has 0 aromatic rings. The SMILES string of the molecule is NCCCCCC(=O)OCCN. The molecule has 12 heavy (non-hydrogen) atoms. The van der Waals surface area contributed by atoms with Gasteiger partial charge >= 0.3 is 5.97 Å². The van der Waals surface area contributed by atoms with Gasteiger partial charge < -0.3 is 16.2 Å². The normalized spacial score (nSPS) is 9.83. The number of carbonyl (C=O) groups excluding carboxylic acids is 1. The van der Waals surface area contributed by atoms with Crippen LogP contribution >= 0.6 is 0 Å². The van der Waals surface area contributed by atoms with Crippen LogP contribution < -0.4 is 11.5 Å². The lowest BCUT2D eigenvalue weighted by molar-refractivity contribution is -0.143. The number of esters is 1. The lowest BCUT2D eigenvalue weighted by atomic mass is 10.2. The average Bonchev–Trinajstić information content (AvgIpc) is 2.09. The predicted octanol–water partition coefficient (Wildman–Crippen LogP) is 0.00740. The van der Waals surface area contributed by atoms with Gasteiger partial charge in [0.2, 0.25) is 0 Å². The van der Waals surface area contributed by atoms with Gasteiger partial charge in [-0.3, -0.25) is 4.79 Å². The largest absolute Gasteiger partial charge is 0.464 e. The Hall–Kier alpha value is -0.610. The number of hydrogen-bond acceptors (Lipinski definition) is 4. The molecule has 4 nitrogen and oxygen atoms in total. The molecule has 0 aliphatic carbocycles. The molecule has 0 aliphatic heterocycles. The van der Waals surface area contributed by atoms with Gasteiger partial charge in [0.1, 0.15) is 6.61 Å². The van der Waals surface area contributed by atoms with Crippen molar-refractivity contribution in [3.8, 4) is 0 Å². The summed E-state index contributed by atoms with van der Waals surface area (Å²) in [6.45, 7) is 1.42. The van der Waals surface area contributed by atoms with Gasteiger partial charge in [-0.2, -0.15) is 0 Å². The Morgan fingerprint density at radius 3 is 2.42 bits per heavy atom. The number of rotatable bonds is 7. The zero-order valence-electron chi connectivity index (χ0n) is 7.42. The van der Waals surface area contributed by atoms with Gasteiger partial charge in [0.25, 0.3) is 0 Å². The smallest absolute Gasteiger partial charge is 0.305 e. The molecule has 0 saturated heterocycles. The monoisotopic (exact) mass is 174 g/mol. The molecular formula is C8H18N2O2. The quantitative estimate of drug-likeness (QED) is 0.421. The second-order valence-corrected chi connectivity index (χ2v) is 2.61. The van der Waals surface area contributed by atoms with Crippen LogP contribution in [-0.2, 0) is 9.53 Å². The van der Waals surface area contributed by atoms with E-state index < -0.39 is 0 Å². The highest BCUT2D eigenvalue weighted by atomic mass is 16.5. The van der Waals surface area contributed by atoms with E-state index in [-0.39, 0.29) is 5.97 Å². The van der Waals surface area contributed by atoms with E-state index in [1.165, 1.54) is 0 Å². The molecule has 0 bridgehead atoms. The summed E-state index contributed by atoms with van der Waals surface area (Å²) in [5.74, 6) is -0.155. The fourth-order valence-corrected chi connectivity index (χ4v) is 0.835. The molecule has 0 spiro atoms. The molecule has 0 aromatic heterocycles. The van der Waals surface area contributed by atoms with Crippen LogP contribution in [0.4, 0.5) is 0 Å². The lowest BCUT2D eigenvalue weighted by Crippen LogP contribution is -2.13. The highest BCUT2D eigenvalue weighted by Crippen LogP contribution is 1.99. The number of carbonyl (C=O) groups is 1. The van der Waals surface area contributed by atoms with E-state index in [1.54, 1.807) is 0 Å². The summed E-state index contributed by atoms with van der Waals surface area (Å²) < 4.78 is 4.78. The molecule has 4 N–H and O–H groups in total. The highest BCUT2D eigenvalue weighted by Gasteiger charge is 2.00. The van der Waals surface area contributed by atoms with Gasteiger partial charge in [0.15, 0.2) is 0 Å². The first-order valence-corrected chi connectivity index (χ1v) is 4.37. The van der Waals surface area contributed by atoms with Crippen molar-refractivity contribution in [1.82, 2.24) is 0 Å². The molecule has 0 aliphatic rings. The second-order valence-electron chi connectivity index (χ2n) is 2.61. The van der Waals surface area contributed by atoms with E-state index in [4.69, 9.17) is 16.2 Å². The average molecular weight is 174 g/mol. The second kappa shape index (κ2) is 8.49. The van der Waals surface area contributed by atoms with Crippen LogP contribution in [0.15, 0.2) is 0 Å². The van der Waals surface area contributed by atoms with Crippen molar-refractivity contribution in [1.29, 1.82) is 0 Å². The van der Waals surface area contributed by atoms with Crippen molar-refractivity contribution in [3.05, 3.63) is 0 Å². The fraction of sp³-hybridized carbons (Fsp3) is 0.875. The number of nitrogens with two attached hydrogens (primary N) is 2. The van der Waals surface area contributed by atoms with Crippen molar-refractivity contribution in [3.63, 3.8) is 0 Å². The minimum atomic E-state index is -0.155. The van der Waals surface area contributed by atoms with E-state index in [0.717, 1.165) is 19.3 Å². The topological polar surface area (TPSA) is 78.3 Å². The first-order chi connectivity index (χ1) is 5.81. The van der Waals surface area contributed by atoms with Gasteiger partial charge in [0.05, 0.1) is 0 Å². The van der Waals surface area contributed by atoms with Crippen LogP contribution in [0.3, 0.4) is 0 Å². The highest BCUT2D eigenvalue weighted by molar-refractivity contribution is 5.69. The van der Waals surface area contributed by atoms with E-state index in [2.05, 4.69) is 0 Å². The summed E-state index contributed by atoms with van der Waals surface area (Å²) in [6.07, 6.45) is 3.32. The number of unbranched alkanes of at least 4 members (excludes halogenated alkanes) is 2. The maximum atomic E-state index is 10.9. The van der Waals surface area contributed by atoms with E-state index in [0.29, 0.717) is 26.1 Å². The van der Waals surface area contributed by atoms with Gasteiger partial charge in [-0.25, -0.2) is 0 Å². The summed E-state index contributed by atoms with van der Waals surface area (Å²) in [5, 5.41) is 0. The third-order valence-corrected chi connectivity index (χ3v) is 1.47. The lowest BCUT2D eigenvalue weighted by Gasteiger charge is -2.01. The Morgan fingerprint density at radius 2 is 1.83 bits per heavy atom. The molecule has 0 aromatic carbocycles. The summed E-state index contributed by atoms with van der Waals surface area (Å²) >= 11 is 0. The summed E-state index contributed by atoms with van der Waals surface area (Å²) in [7, 11) is 0. The summed E-state index contributed by atoms with van der Waals surface area (Å²) in [4.78, 5) is 10.9. The van der Waals surface area contributed by atoms with Crippen LogP contribution in [0.1, 0.15) is 25.7 Å². The van der Waals surface area contributed by atoms with Crippen LogP contribution in [0.5, 0.6) is 0 Å².